The van der Waals surface area contributed by atoms with Gasteiger partial charge in [-0.3, -0.25) is 19.3 Å². The Labute approximate surface area is 178 Å². The maximum atomic E-state index is 12.6. The fraction of sp³-hybridized carbons (Fsp3) is 0.609. The molecule has 0 radical (unpaired) electrons. The number of benzene rings is 1. The number of likely N-dealkylation sites (tertiary alicyclic amines) is 1. The highest BCUT2D eigenvalue weighted by molar-refractivity contribution is 6.05. The number of anilines is 2. The second-order valence-electron chi connectivity index (χ2n) is 8.73. The van der Waals surface area contributed by atoms with Crippen LogP contribution in [0, 0.1) is 11.8 Å². The van der Waals surface area contributed by atoms with Gasteiger partial charge in [0, 0.05) is 13.0 Å². The SMILES string of the molecule is CC[NH+]1CCN(c2ccccc2NC(=O)CCN2C(=O)[C@H]3CCCC[C@H]3C2=O)CC1. The van der Waals surface area contributed by atoms with Gasteiger partial charge in [0.05, 0.1) is 55.9 Å². The summed E-state index contributed by atoms with van der Waals surface area (Å²) in [4.78, 5) is 43.1. The number of carbonyl (C=O) groups is 3. The van der Waals surface area contributed by atoms with Gasteiger partial charge in [-0.1, -0.05) is 25.0 Å². The van der Waals surface area contributed by atoms with Crippen molar-refractivity contribution in [1.29, 1.82) is 0 Å². The van der Waals surface area contributed by atoms with Gasteiger partial charge in [-0.2, -0.15) is 0 Å². The zero-order chi connectivity index (χ0) is 21.1. The topological polar surface area (TPSA) is 74.2 Å². The summed E-state index contributed by atoms with van der Waals surface area (Å²) < 4.78 is 0. The van der Waals surface area contributed by atoms with E-state index in [0.29, 0.717) is 0 Å². The summed E-state index contributed by atoms with van der Waals surface area (Å²) in [6, 6.07) is 7.88. The molecule has 7 heteroatoms. The average Bonchev–Trinajstić information content (AvgIpc) is 3.03. The van der Waals surface area contributed by atoms with Crippen LogP contribution in [-0.2, 0) is 14.4 Å². The van der Waals surface area contributed by atoms with Crippen molar-refractivity contribution in [2.45, 2.75) is 39.0 Å². The molecule has 3 amide bonds. The summed E-state index contributed by atoms with van der Waals surface area (Å²) in [5.74, 6) is -0.614. The van der Waals surface area contributed by atoms with Crippen LogP contribution in [0.2, 0.25) is 0 Å². The fourth-order valence-electron chi connectivity index (χ4n) is 5.15. The molecule has 1 saturated carbocycles. The van der Waals surface area contributed by atoms with E-state index in [0.717, 1.165) is 69.8 Å². The van der Waals surface area contributed by atoms with Crippen molar-refractivity contribution in [3.63, 3.8) is 0 Å². The van der Waals surface area contributed by atoms with Crippen molar-refractivity contribution in [2.24, 2.45) is 11.8 Å². The Bertz CT molecular complexity index is 779. The summed E-state index contributed by atoms with van der Waals surface area (Å²) >= 11 is 0. The van der Waals surface area contributed by atoms with E-state index in [2.05, 4.69) is 17.1 Å². The summed E-state index contributed by atoms with van der Waals surface area (Å²) in [7, 11) is 0. The molecule has 30 heavy (non-hydrogen) atoms. The first-order valence-corrected chi connectivity index (χ1v) is 11.4. The molecule has 4 rings (SSSR count). The summed E-state index contributed by atoms with van der Waals surface area (Å²) in [6.45, 7) is 7.66. The second-order valence-corrected chi connectivity index (χ2v) is 8.73. The zero-order valence-electron chi connectivity index (χ0n) is 17.9. The Morgan fingerprint density at radius 2 is 1.70 bits per heavy atom. The lowest BCUT2D eigenvalue weighted by Gasteiger charge is -2.34. The van der Waals surface area contributed by atoms with Gasteiger partial charge in [0.15, 0.2) is 0 Å². The number of amides is 3. The second kappa shape index (κ2) is 9.16. The molecule has 3 aliphatic rings. The molecule has 0 unspecified atom stereocenters. The molecular weight excluding hydrogens is 380 g/mol. The van der Waals surface area contributed by atoms with E-state index in [1.54, 1.807) is 4.90 Å². The quantitative estimate of drug-likeness (QED) is 0.680. The average molecular weight is 414 g/mol. The number of fused-ring (bicyclic) bond motifs is 1. The Kier molecular flexibility index (Phi) is 6.37. The van der Waals surface area contributed by atoms with E-state index in [1.165, 1.54) is 4.90 Å². The van der Waals surface area contributed by atoms with Crippen molar-refractivity contribution in [1.82, 2.24) is 4.90 Å². The minimum Gasteiger partial charge on any atom is -0.359 e. The molecular formula is C23H33N4O3+. The first-order chi connectivity index (χ1) is 14.6. The highest BCUT2D eigenvalue weighted by Gasteiger charge is 2.47. The van der Waals surface area contributed by atoms with Crippen molar-refractivity contribution in [2.75, 3.05) is 49.5 Å². The Morgan fingerprint density at radius 1 is 1.07 bits per heavy atom. The van der Waals surface area contributed by atoms with Gasteiger partial charge in [-0.15, -0.1) is 0 Å². The summed E-state index contributed by atoms with van der Waals surface area (Å²) in [6.07, 6.45) is 3.77. The van der Waals surface area contributed by atoms with Crippen LogP contribution in [0.5, 0.6) is 0 Å². The number of likely N-dealkylation sites (N-methyl/N-ethyl adjacent to an activating group) is 1. The lowest BCUT2D eigenvalue weighted by atomic mass is 9.81. The standard InChI is InChI=1S/C23H32N4O3/c1-2-25-13-15-26(16-14-25)20-10-6-5-9-19(20)24-21(28)11-12-27-22(29)17-7-3-4-8-18(17)23(27)30/h5-6,9-10,17-18H,2-4,7-8,11-16H2,1H3,(H,24,28)/p+1/t17-,18+. The molecule has 0 spiro atoms. The molecule has 0 bridgehead atoms. The van der Waals surface area contributed by atoms with Crippen LogP contribution in [0.25, 0.3) is 0 Å². The molecule has 2 saturated heterocycles. The molecule has 2 atom stereocenters. The highest BCUT2D eigenvalue weighted by atomic mass is 16.2. The third-order valence-electron chi connectivity index (χ3n) is 6.98. The first-order valence-electron chi connectivity index (χ1n) is 11.4. The molecule has 0 aromatic heterocycles. The van der Waals surface area contributed by atoms with E-state index in [9.17, 15) is 14.4 Å². The number of nitrogens with zero attached hydrogens (tertiary/aromatic N) is 2. The maximum absolute atomic E-state index is 12.6. The van der Waals surface area contributed by atoms with E-state index < -0.39 is 0 Å². The number of piperazine rings is 1. The predicted molar refractivity (Wildman–Crippen MR) is 115 cm³/mol. The van der Waals surface area contributed by atoms with Gasteiger partial charge in [-0.05, 0) is 31.9 Å². The van der Waals surface area contributed by atoms with Crippen molar-refractivity contribution < 1.29 is 19.3 Å². The fourth-order valence-corrected chi connectivity index (χ4v) is 5.15. The molecule has 3 fully saturated rings. The van der Waals surface area contributed by atoms with Crippen molar-refractivity contribution in [3.8, 4) is 0 Å². The minimum absolute atomic E-state index is 0.0748. The normalized spacial score (nSPS) is 24.8. The van der Waals surface area contributed by atoms with Crippen LogP contribution in [-0.4, -0.2) is 61.9 Å². The number of carbonyl (C=O) groups excluding carboxylic acids is 3. The van der Waals surface area contributed by atoms with Crippen LogP contribution in [0.1, 0.15) is 39.0 Å². The maximum Gasteiger partial charge on any atom is 0.233 e. The smallest absolute Gasteiger partial charge is 0.233 e. The van der Waals surface area contributed by atoms with Gasteiger partial charge < -0.3 is 15.1 Å². The Hall–Kier alpha value is -2.41. The number of rotatable bonds is 6. The molecule has 162 valence electrons. The van der Waals surface area contributed by atoms with Crippen LogP contribution < -0.4 is 15.1 Å². The minimum atomic E-state index is -0.157. The largest absolute Gasteiger partial charge is 0.359 e. The summed E-state index contributed by atoms with van der Waals surface area (Å²) in [5.41, 5.74) is 1.84. The van der Waals surface area contributed by atoms with E-state index in [-0.39, 0.29) is 42.5 Å². The van der Waals surface area contributed by atoms with Crippen LogP contribution in [0.3, 0.4) is 0 Å². The number of hydrogen-bond acceptors (Lipinski definition) is 4. The number of para-hydroxylation sites is 2. The van der Waals surface area contributed by atoms with Crippen molar-refractivity contribution in [3.05, 3.63) is 24.3 Å². The zero-order valence-corrected chi connectivity index (χ0v) is 17.9. The van der Waals surface area contributed by atoms with E-state index in [4.69, 9.17) is 0 Å². The number of hydrogen-bond donors (Lipinski definition) is 2. The molecule has 1 aliphatic carbocycles. The summed E-state index contributed by atoms with van der Waals surface area (Å²) in [5, 5.41) is 3.01. The van der Waals surface area contributed by atoms with Crippen LogP contribution in [0.4, 0.5) is 11.4 Å². The van der Waals surface area contributed by atoms with Crippen LogP contribution in [0.15, 0.2) is 24.3 Å². The highest BCUT2D eigenvalue weighted by Crippen LogP contribution is 2.38. The van der Waals surface area contributed by atoms with Gasteiger partial charge >= 0.3 is 0 Å². The first kappa shape index (κ1) is 20.8. The predicted octanol–water partition coefficient (Wildman–Crippen LogP) is 0.915. The van der Waals surface area contributed by atoms with Gasteiger partial charge in [0.25, 0.3) is 0 Å². The molecule has 2 N–H and O–H groups in total. The lowest BCUT2D eigenvalue weighted by molar-refractivity contribution is -0.898. The number of quaternary nitrogens is 1. The van der Waals surface area contributed by atoms with Crippen LogP contribution >= 0.6 is 0 Å². The third kappa shape index (κ3) is 4.21. The van der Waals surface area contributed by atoms with Gasteiger partial charge in [0.1, 0.15) is 0 Å². The van der Waals surface area contributed by atoms with E-state index >= 15 is 0 Å². The van der Waals surface area contributed by atoms with Crippen molar-refractivity contribution >= 4 is 29.1 Å². The number of imide groups is 1. The monoisotopic (exact) mass is 413 g/mol. The van der Waals surface area contributed by atoms with Gasteiger partial charge in [-0.25, -0.2) is 0 Å². The van der Waals surface area contributed by atoms with E-state index in [1.807, 2.05) is 24.3 Å². The Balaban J connectivity index is 1.35. The molecule has 2 aliphatic heterocycles. The lowest BCUT2D eigenvalue weighted by Crippen LogP contribution is -3.14. The molecule has 2 heterocycles. The van der Waals surface area contributed by atoms with Gasteiger partial charge in [0.2, 0.25) is 17.7 Å². The molecule has 7 nitrogen and oxygen atoms in total. The third-order valence-corrected chi connectivity index (χ3v) is 6.98. The Morgan fingerprint density at radius 3 is 2.33 bits per heavy atom. The molecule has 1 aromatic rings. The molecule has 1 aromatic carbocycles. The number of nitrogens with one attached hydrogen (secondary N) is 2.